The molecule has 0 aromatic rings. The van der Waals surface area contributed by atoms with Gasteiger partial charge in [-0.1, -0.05) is 13.8 Å². The van der Waals surface area contributed by atoms with Gasteiger partial charge in [0.25, 0.3) is 0 Å². The Bertz CT molecular complexity index is 159. The SMILES string of the molecule is CC(C)NC1CC2CNCC1O2. The Morgan fingerprint density at radius 2 is 2.25 bits per heavy atom. The minimum absolute atomic E-state index is 0.408. The number of hydrogen-bond donors (Lipinski definition) is 2. The molecule has 2 N–H and O–H groups in total. The molecule has 3 atom stereocenters. The van der Waals surface area contributed by atoms with Gasteiger partial charge in [0.1, 0.15) is 0 Å². The highest BCUT2D eigenvalue weighted by Crippen LogP contribution is 2.23. The van der Waals surface area contributed by atoms with Crippen LogP contribution >= 0.6 is 0 Å². The van der Waals surface area contributed by atoms with Crippen molar-refractivity contribution >= 4 is 0 Å². The maximum absolute atomic E-state index is 5.79. The molecule has 2 aliphatic heterocycles. The Hall–Kier alpha value is -0.120. The van der Waals surface area contributed by atoms with Gasteiger partial charge in [-0.3, -0.25) is 0 Å². The first-order valence-corrected chi connectivity index (χ1v) is 4.88. The zero-order chi connectivity index (χ0) is 8.55. The number of fused-ring (bicyclic) bond motifs is 2. The molecule has 2 fully saturated rings. The van der Waals surface area contributed by atoms with Crippen LogP contribution in [0, 0.1) is 0 Å². The van der Waals surface area contributed by atoms with Crippen LogP contribution < -0.4 is 10.6 Å². The summed E-state index contributed by atoms with van der Waals surface area (Å²) < 4.78 is 5.79. The Morgan fingerprint density at radius 1 is 1.42 bits per heavy atom. The average Bonchev–Trinajstić information content (AvgIpc) is 2.26. The lowest BCUT2D eigenvalue weighted by Gasteiger charge is -2.24. The van der Waals surface area contributed by atoms with Crippen LogP contribution in [0.25, 0.3) is 0 Å². The van der Waals surface area contributed by atoms with Crippen LogP contribution in [0.1, 0.15) is 20.3 Å². The van der Waals surface area contributed by atoms with Crippen LogP contribution in [-0.2, 0) is 4.74 Å². The molecule has 0 spiro atoms. The highest BCUT2D eigenvalue weighted by molar-refractivity contribution is 4.94. The zero-order valence-corrected chi connectivity index (χ0v) is 7.84. The van der Waals surface area contributed by atoms with Crippen molar-refractivity contribution in [2.75, 3.05) is 13.1 Å². The number of nitrogens with one attached hydrogen (secondary N) is 2. The predicted molar refractivity (Wildman–Crippen MR) is 48.2 cm³/mol. The molecular formula is C9H18N2O. The lowest BCUT2D eigenvalue weighted by Crippen LogP contribution is -2.46. The second-order valence-corrected chi connectivity index (χ2v) is 4.12. The number of ether oxygens (including phenoxy) is 1. The van der Waals surface area contributed by atoms with Gasteiger partial charge in [0.15, 0.2) is 0 Å². The first-order valence-electron chi connectivity index (χ1n) is 4.88. The lowest BCUT2D eigenvalue weighted by molar-refractivity contribution is 0.0121. The fourth-order valence-electron chi connectivity index (χ4n) is 2.14. The molecule has 0 amide bonds. The van der Waals surface area contributed by atoms with Gasteiger partial charge in [0.05, 0.1) is 12.2 Å². The van der Waals surface area contributed by atoms with E-state index in [1.54, 1.807) is 0 Å². The molecule has 0 saturated carbocycles. The van der Waals surface area contributed by atoms with E-state index in [4.69, 9.17) is 4.74 Å². The van der Waals surface area contributed by atoms with Crippen LogP contribution in [0.15, 0.2) is 0 Å². The maximum atomic E-state index is 5.79. The van der Waals surface area contributed by atoms with Gasteiger partial charge >= 0.3 is 0 Å². The second kappa shape index (κ2) is 3.32. The number of hydrogen-bond acceptors (Lipinski definition) is 3. The third kappa shape index (κ3) is 1.63. The third-order valence-electron chi connectivity index (χ3n) is 2.60. The van der Waals surface area contributed by atoms with Crippen molar-refractivity contribution in [2.45, 2.75) is 44.6 Å². The van der Waals surface area contributed by atoms with Crippen molar-refractivity contribution < 1.29 is 4.74 Å². The fraction of sp³-hybridized carbons (Fsp3) is 1.00. The molecule has 0 aliphatic carbocycles. The fourth-order valence-corrected chi connectivity index (χ4v) is 2.14. The van der Waals surface area contributed by atoms with Crippen LogP contribution in [0.4, 0.5) is 0 Å². The van der Waals surface area contributed by atoms with Crippen LogP contribution in [0.5, 0.6) is 0 Å². The van der Waals surface area contributed by atoms with E-state index >= 15 is 0 Å². The Labute approximate surface area is 73.9 Å². The first-order chi connectivity index (χ1) is 5.75. The van der Waals surface area contributed by atoms with Gasteiger partial charge in [0.2, 0.25) is 0 Å². The maximum Gasteiger partial charge on any atom is 0.0857 e. The standard InChI is InChI=1S/C9H18N2O/c1-6(2)11-8-3-7-4-10-5-9(8)12-7/h6-11H,3-5H2,1-2H3. The van der Waals surface area contributed by atoms with Gasteiger partial charge in [-0.05, 0) is 6.42 Å². The van der Waals surface area contributed by atoms with E-state index in [9.17, 15) is 0 Å². The molecule has 0 aromatic heterocycles. The summed E-state index contributed by atoms with van der Waals surface area (Å²) in [5, 5.41) is 6.93. The first kappa shape index (κ1) is 8.48. The highest BCUT2D eigenvalue weighted by atomic mass is 16.5. The van der Waals surface area contributed by atoms with E-state index in [-0.39, 0.29) is 0 Å². The number of morpholine rings is 1. The minimum Gasteiger partial charge on any atom is -0.371 e. The van der Waals surface area contributed by atoms with Crippen molar-refractivity contribution in [3.05, 3.63) is 0 Å². The molecule has 2 aliphatic rings. The van der Waals surface area contributed by atoms with E-state index in [0.717, 1.165) is 13.1 Å². The summed E-state index contributed by atoms with van der Waals surface area (Å²) in [4.78, 5) is 0. The summed E-state index contributed by atoms with van der Waals surface area (Å²) in [6, 6.07) is 1.14. The molecule has 12 heavy (non-hydrogen) atoms. The zero-order valence-electron chi connectivity index (χ0n) is 7.84. The minimum atomic E-state index is 0.408. The molecule has 3 unspecified atom stereocenters. The molecule has 2 rings (SSSR count). The van der Waals surface area contributed by atoms with Crippen LogP contribution in [-0.4, -0.2) is 37.4 Å². The normalized spacial score (nSPS) is 40.8. The van der Waals surface area contributed by atoms with Crippen molar-refractivity contribution in [1.29, 1.82) is 0 Å². The van der Waals surface area contributed by atoms with Gasteiger partial charge in [-0.15, -0.1) is 0 Å². The second-order valence-electron chi connectivity index (χ2n) is 4.12. The molecule has 70 valence electrons. The average molecular weight is 170 g/mol. The van der Waals surface area contributed by atoms with Gasteiger partial charge in [0, 0.05) is 25.2 Å². The Kier molecular flexibility index (Phi) is 2.35. The van der Waals surface area contributed by atoms with Crippen molar-refractivity contribution in [3.63, 3.8) is 0 Å². The van der Waals surface area contributed by atoms with Crippen molar-refractivity contribution in [1.82, 2.24) is 10.6 Å². The number of rotatable bonds is 2. The molecule has 3 heteroatoms. The van der Waals surface area contributed by atoms with Crippen LogP contribution in [0.2, 0.25) is 0 Å². The monoisotopic (exact) mass is 170 g/mol. The molecular weight excluding hydrogens is 152 g/mol. The molecule has 2 heterocycles. The quantitative estimate of drug-likeness (QED) is 0.617. The molecule has 3 nitrogen and oxygen atoms in total. The molecule has 2 bridgehead atoms. The summed E-state index contributed by atoms with van der Waals surface area (Å²) in [6.45, 7) is 6.43. The summed E-state index contributed by atoms with van der Waals surface area (Å²) in [7, 11) is 0. The topological polar surface area (TPSA) is 33.3 Å². The van der Waals surface area contributed by atoms with Crippen molar-refractivity contribution in [3.8, 4) is 0 Å². The Morgan fingerprint density at radius 3 is 2.92 bits per heavy atom. The van der Waals surface area contributed by atoms with E-state index in [1.165, 1.54) is 6.42 Å². The lowest BCUT2D eigenvalue weighted by atomic mass is 10.1. The van der Waals surface area contributed by atoms with Gasteiger partial charge in [-0.2, -0.15) is 0 Å². The molecule has 0 radical (unpaired) electrons. The Balaban J connectivity index is 1.91. The van der Waals surface area contributed by atoms with E-state index < -0.39 is 0 Å². The summed E-state index contributed by atoms with van der Waals surface area (Å²) in [5.41, 5.74) is 0. The van der Waals surface area contributed by atoms with Crippen molar-refractivity contribution in [2.24, 2.45) is 0 Å². The summed E-state index contributed by atoms with van der Waals surface area (Å²) in [6.07, 6.45) is 2.04. The largest absolute Gasteiger partial charge is 0.371 e. The van der Waals surface area contributed by atoms with Gasteiger partial charge in [-0.25, -0.2) is 0 Å². The third-order valence-corrected chi connectivity index (χ3v) is 2.60. The smallest absolute Gasteiger partial charge is 0.0857 e. The summed E-state index contributed by atoms with van der Waals surface area (Å²) >= 11 is 0. The van der Waals surface area contributed by atoms with Crippen LogP contribution in [0.3, 0.4) is 0 Å². The molecule has 2 saturated heterocycles. The van der Waals surface area contributed by atoms with E-state index in [1.807, 2.05) is 0 Å². The predicted octanol–water partition coefficient (Wildman–Crippen LogP) is 0.114. The summed E-state index contributed by atoms with van der Waals surface area (Å²) in [5.74, 6) is 0. The van der Waals surface area contributed by atoms with E-state index in [2.05, 4.69) is 24.5 Å². The van der Waals surface area contributed by atoms with Gasteiger partial charge < -0.3 is 15.4 Å². The van der Waals surface area contributed by atoms with E-state index in [0.29, 0.717) is 24.3 Å². The highest BCUT2D eigenvalue weighted by Gasteiger charge is 2.37. The molecule has 0 aromatic carbocycles.